The van der Waals surface area contributed by atoms with E-state index in [9.17, 15) is 4.79 Å². The summed E-state index contributed by atoms with van der Waals surface area (Å²) in [7, 11) is 1.55. The minimum atomic E-state index is -0.142. The highest BCUT2D eigenvalue weighted by Crippen LogP contribution is 2.32. The topological polar surface area (TPSA) is 69.0 Å². The van der Waals surface area contributed by atoms with Crippen LogP contribution >= 0.6 is 11.5 Å². The molecule has 2 aromatic heterocycles. The van der Waals surface area contributed by atoms with Crippen LogP contribution in [0.15, 0.2) is 11.6 Å². The third-order valence-electron chi connectivity index (χ3n) is 4.28. The second-order valence-electron chi connectivity index (χ2n) is 5.83. The van der Waals surface area contributed by atoms with Crippen molar-refractivity contribution in [2.24, 2.45) is 0 Å². The molecule has 124 valence electrons. The van der Waals surface area contributed by atoms with Gasteiger partial charge in [0, 0.05) is 5.38 Å². The van der Waals surface area contributed by atoms with Gasteiger partial charge in [-0.1, -0.05) is 26.2 Å². The first-order chi connectivity index (χ1) is 11.2. The summed E-state index contributed by atoms with van der Waals surface area (Å²) in [4.78, 5) is 12.7. The minimum Gasteiger partial charge on any atom is -0.479 e. The van der Waals surface area contributed by atoms with Gasteiger partial charge < -0.3 is 10.1 Å². The number of carbonyl (C=O) groups excluding carboxylic acids is 1. The molecule has 1 aliphatic carbocycles. The summed E-state index contributed by atoms with van der Waals surface area (Å²) < 4.78 is 11.3. The molecule has 0 aromatic carbocycles. The van der Waals surface area contributed by atoms with Crippen molar-refractivity contribution in [3.63, 3.8) is 0 Å². The van der Waals surface area contributed by atoms with Gasteiger partial charge in [0.2, 0.25) is 5.88 Å². The van der Waals surface area contributed by atoms with Crippen molar-refractivity contribution in [1.82, 2.24) is 14.2 Å². The Morgan fingerprint density at radius 2 is 2.26 bits per heavy atom. The zero-order chi connectivity index (χ0) is 16.2. The number of ether oxygens (including phenoxy) is 1. The van der Waals surface area contributed by atoms with Crippen molar-refractivity contribution < 1.29 is 9.53 Å². The minimum absolute atomic E-state index is 0.142. The van der Waals surface area contributed by atoms with Crippen LogP contribution in [0.2, 0.25) is 0 Å². The van der Waals surface area contributed by atoms with Gasteiger partial charge in [-0.3, -0.25) is 9.48 Å². The molecule has 0 aliphatic heterocycles. The maximum Gasteiger partial charge on any atom is 0.259 e. The Kier molecular flexibility index (Phi) is 4.95. The molecule has 3 rings (SSSR count). The summed E-state index contributed by atoms with van der Waals surface area (Å²) in [6.07, 6.45) is 8.35. The average Bonchev–Trinajstić information content (AvgIpc) is 3.27. The smallest absolute Gasteiger partial charge is 0.259 e. The molecule has 2 heterocycles. The Labute approximate surface area is 140 Å². The molecule has 2 aromatic rings. The number of methoxy groups -OCH3 is 1. The predicted molar refractivity (Wildman–Crippen MR) is 90.3 cm³/mol. The van der Waals surface area contributed by atoms with E-state index < -0.39 is 0 Å². The van der Waals surface area contributed by atoms with Crippen LogP contribution in [0.3, 0.4) is 0 Å². The van der Waals surface area contributed by atoms with Crippen LogP contribution in [0.5, 0.6) is 5.88 Å². The molecule has 6 nitrogen and oxygen atoms in total. The van der Waals surface area contributed by atoms with Crippen LogP contribution in [-0.4, -0.2) is 27.2 Å². The van der Waals surface area contributed by atoms with Gasteiger partial charge in [0.25, 0.3) is 5.91 Å². The standard InChI is InChI=1S/C16H22N4O2S/c1-3-6-14-12(9-17-20(14)11-7-4-5-8-11)15(21)18-13-10-23-19-16(13)22-2/h9-11H,3-8H2,1-2H3,(H,18,21). The average molecular weight is 334 g/mol. The SMILES string of the molecule is CCCc1c(C(=O)Nc2csnc2OC)cnn1C1CCCC1. The lowest BCUT2D eigenvalue weighted by Gasteiger charge is -2.15. The maximum atomic E-state index is 12.7. The second-order valence-corrected chi connectivity index (χ2v) is 6.46. The van der Waals surface area contributed by atoms with Gasteiger partial charge in [-0.25, -0.2) is 0 Å². The first-order valence-corrected chi connectivity index (χ1v) is 8.94. The van der Waals surface area contributed by atoms with E-state index in [1.165, 1.54) is 24.4 Å². The number of rotatable bonds is 6. The number of anilines is 1. The molecule has 1 N–H and O–H groups in total. The first-order valence-electron chi connectivity index (χ1n) is 8.10. The Morgan fingerprint density at radius 1 is 1.48 bits per heavy atom. The molecule has 0 bridgehead atoms. The number of nitrogens with zero attached hydrogens (tertiary/aromatic N) is 3. The number of aromatic nitrogens is 3. The Balaban J connectivity index is 1.84. The normalized spacial score (nSPS) is 15.0. The summed E-state index contributed by atoms with van der Waals surface area (Å²) in [5, 5.41) is 9.19. The predicted octanol–water partition coefficient (Wildman–Crippen LogP) is 3.67. The maximum absolute atomic E-state index is 12.7. The van der Waals surface area contributed by atoms with Gasteiger partial charge in [-0.05, 0) is 30.8 Å². The van der Waals surface area contributed by atoms with E-state index in [4.69, 9.17) is 4.74 Å². The highest BCUT2D eigenvalue weighted by atomic mass is 32.1. The van der Waals surface area contributed by atoms with Crippen LogP contribution in [0.1, 0.15) is 61.1 Å². The Hall–Kier alpha value is -1.89. The van der Waals surface area contributed by atoms with Gasteiger partial charge in [-0.2, -0.15) is 9.47 Å². The Morgan fingerprint density at radius 3 is 2.96 bits per heavy atom. The molecule has 23 heavy (non-hydrogen) atoms. The van der Waals surface area contributed by atoms with E-state index in [1.54, 1.807) is 18.7 Å². The number of hydrogen-bond acceptors (Lipinski definition) is 5. The summed E-state index contributed by atoms with van der Waals surface area (Å²) in [5.41, 5.74) is 2.31. The molecule has 0 radical (unpaired) electrons. The second kappa shape index (κ2) is 7.12. The summed E-state index contributed by atoms with van der Waals surface area (Å²) in [6, 6.07) is 0.440. The van der Waals surface area contributed by atoms with Gasteiger partial charge >= 0.3 is 0 Å². The Bertz CT molecular complexity index is 673. The quantitative estimate of drug-likeness (QED) is 0.875. The van der Waals surface area contributed by atoms with E-state index >= 15 is 0 Å². The zero-order valence-corrected chi connectivity index (χ0v) is 14.4. The number of carbonyl (C=O) groups is 1. The molecule has 1 fully saturated rings. The molecular formula is C16H22N4O2S. The number of nitrogens with one attached hydrogen (secondary N) is 1. The van der Waals surface area contributed by atoms with Gasteiger partial charge in [0.1, 0.15) is 5.69 Å². The highest BCUT2D eigenvalue weighted by molar-refractivity contribution is 7.04. The van der Waals surface area contributed by atoms with Crippen molar-refractivity contribution in [2.45, 2.75) is 51.5 Å². The van der Waals surface area contributed by atoms with E-state index in [0.717, 1.165) is 31.4 Å². The molecule has 0 spiro atoms. The van der Waals surface area contributed by atoms with Gasteiger partial charge in [-0.15, -0.1) is 0 Å². The molecule has 0 atom stereocenters. The van der Waals surface area contributed by atoms with Crippen molar-refractivity contribution in [2.75, 3.05) is 12.4 Å². The first kappa shape index (κ1) is 16.0. The monoisotopic (exact) mass is 334 g/mol. The van der Waals surface area contributed by atoms with Crippen LogP contribution < -0.4 is 10.1 Å². The number of amides is 1. The molecule has 0 unspecified atom stereocenters. The van der Waals surface area contributed by atoms with Gasteiger partial charge in [0.05, 0.1) is 30.6 Å². The molecular weight excluding hydrogens is 312 g/mol. The molecule has 1 amide bonds. The summed E-state index contributed by atoms with van der Waals surface area (Å²) in [6.45, 7) is 2.12. The van der Waals surface area contributed by atoms with Crippen molar-refractivity contribution in [3.05, 3.63) is 22.8 Å². The fourth-order valence-corrected chi connectivity index (χ4v) is 3.76. The van der Waals surface area contributed by atoms with Crippen molar-refractivity contribution in [3.8, 4) is 5.88 Å². The van der Waals surface area contributed by atoms with E-state index in [-0.39, 0.29) is 5.91 Å². The molecule has 1 aliphatic rings. The van der Waals surface area contributed by atoms with Crippen LogP contribution in [0.25, 0.3) is 0 Å². The van der Waals surface area contributed by atoms with Crippen LogP contribution in [0, 0.1) is 0 Å². The fraction of sp³-hybridized carbons (Fsp3) is 0.562. The largest absolute Gasteiger partial charge is 0.479 e. The van der Waals surface area contributed by atoms with E-state index in [1.807, 2.05) is 0 Å². The zero-order valence-electron chi connectivity index (χ0n) is 13.5. The fourth-order valence-electron chi connectivity index (χ4n) is 3.17. The third kappa shape index (κ3) is 3.24. The summed E-state index contributed by atoms with van der Waals surface area (Å²) in [5.74, 6) is 0.305. The molecule has 0 saturated heterocycles. The highest BCUT2D eigenvalue weighted by Gasteiger charge is 2.24. The van der Waals surface area contributed by atoms with Gasteiger partial charge in [0.15, 0.2) is 0 Å². The lowest BCUT2D eigenvalue weighted by Crippen LogP contribution is -2.16. The lowest BCUT2D eigenvalue weighted by atomic mass is 10.1. The van der Waals surface area contributed by atoms with Crippen molar-refractivity contribution in [1.29, 1.82) is 0 Å². The van der Waals surface area contributed by atoms with Crippen LogP contribution in [0.4, 0.5) is 5.69 Å². The number of hydrogen-bond donors (Lipinski definition) is 1. The molecule has 1 saturated carbocycles. The van der Waals surface area contributed by atoms with Crippen LogP contribution in [-0.2, 0) is 6.42 Å². The molecule has 7 heteroatoms. The summed E-state index contributed by atoms with van der Waals surface area (Å²) >= 11 is 1.26. The van der Waals surface area contributed by atoms with Crippen molar-refractivity contribution >= 4 is 23.1 Å². The van der Waals surface area contributed by atoms with E-state index in [2.05, 4.69) is 26.4 Å². The lowest BCUT2D eigenvalue weighted by molar-refractivity contribution is 0.102. The van der Waals surface area contributed by atoms with E-state index in [0.29, 0.717) is 23.2 Å². The third-order valence-corrected chi connectivity index (χ3v) is 4.89.